The lowest BCUT2D eigenvalue weighted by Gasteiger charge is -2.42. The summed E-state index contributed by atoms with van der Waals surface area (Å²) in [7, 11) is 0. The summed E-state index contributed by atoms with van der Waals surface area (Å²) in [5.74, 6) is 1.82. The average Bonchev–Trinajstić information content (AvgIpc) is 2.74. The van der Waals surface area contributed by atoms with Gasteiger partial charge < -0.3 is 14.6 Å². The predicted octanol–water partition coefficient (Wildman–Crippen LogP) is 4.00. The predicted molar refractivity (Wildman–Crippen MR) is 108 cm³/mol. The molecule has 146 valence electrons. The highest BCUT2D eigenvalue weighted by Crippen LogP contribution is 2.35. The molecule has 4 heteroatoms. The molecule has 1 atom stereocenters. The second kappa shape index (κ2) is 9.77. The Labute approximate surface area is 162 Å². The Morgan fingerprint density at radius 2 is 1.48 bits per heavy atom. The maximum Gasteiger partial charge on any atom is 0.119 e. The number of aliphatic hydroxyl groups excluding tert-OH is 1. The molecule has 4 nitrogen and oxygen atoms in total. The van der Waals surface area contributed by atoms with Gasteiger partial charge in [0, 0.05) is 12.6 Å². The van der Waals surface area contributed by atoms with Gasteiger partial charge in [-0.2, -0.15) is 0 Å². The van der Waals surface area contributed by atoms with Gasteiger partial charge in [0.1, 0.15) is 18.1 Å². The van der Waals surface area contributed by atoms with Crippen LogP contribution in [0.15, 0.2) is 60.7 Å². The number of nitrogens with zero attached hydrogens (tertiary/aromatic N) is 1. The SMILES string of the molecule is CC(COc1ccccc1)N1CCC(CO)(CCOc2ccccc2)CC1. The zero-order valence-corrected chi connectivity index (χ0v) is 16.2. The first-order valence-corrected chi connectivity index (χ1v) is 9.91. The van der Waals surface area contributed by atoms with E-state index in [9.17, 15) is 5.11 Å². The van der Waals surface area contributed by atoms with Gasteiger partial charge in [0.15, 0.2) is 0 Å². The number of ether oxygens (including phenoxy) is 2. The molecule has 1 N–H and O–H groups in total. The third kappa shape index (κ3) is 5.72. The van der Waals surface area contributed by atoms with E-state index in [2.05, 4.69) is 11.8 Å². The summed E-state index contributed by atoms with van der Waals surface area (Å²) in [5.41, 5.74) is -0.0225. The minimum absolute atomic E-state index is 0.0225. The zero-order valence-electron chi connectivity index (χ0n) is 16.2. The van der Waals surface area contributed by atoms with Crippen molar-refractivity contribution >= 4 is 0 Å². The topological polar surface area (TPSA) is 41.9 Å². The first-order chi connectivity index (χ1) is 13.2. The van der Waals surface area contributed by atoms with E-state index >= 15 is 0 Å². The maximum absolute atomic E-state index is 10.0. The fourth-order valence-electron chi connectivity index (χ4n) is 3.67. The molecule has 1 fully saturated rings. The molecule has 27 heavy (non-hydrogen) atoms. The lowest BCUT2D eigenvalue weighted by atomic mass is 9.76. The van der Waals surface area contributed by atoms with Crippen LogP contribution in [0.1, 0.15) is 26.2 Å². The van der Waals surface area contributed by atoms with E-state index < -0.39 is 0 Å². The van der Waals surface area contributed by atoms with Crippen molar-refractivity contribution in [3.8, 4) is 11.5 Å². The number of aliphatic hydroxyl groups is 1. The van der Waals surface area contributed by atoms with Crippen LogP contribution in [0.5, 0.6) is 11.5 Å². The van der Waals surface area contributed by atoms with Gasteiger partial charge in [0.25, 0.3) is 0 Å². The molecule has 1 aliphatic rings. The van der Waals surface area contributed by atoms with Crippen LogP contribution < -0.4 is 9.47 Å². The fourth-order valence-corrected chi connectivity index (χ4v) is 3.67. The molecular formula is C23H31NO3. The van der Waals surface area contributed by atoms with Crippen molar-refractivity contribution < 1.29 is 14.6 Å². The van der Waals surface area contributed by atoms with Gasteiger partial charge in [0.05, 0.1) is 6.61 Å². The van der Waals surface area contributed by atoms with Crippen molar-refractivity contribution in [2.24, 2.45) is 5.41 Å². The third-order valence-corrected chi connectivity index (χ3v) is 5.70. The number of piperidine rings is 1. The lowest BCUT2D eigenvalue weighted by molar-refractivity contribution is 0.00819. The molecule has 1 heterocycles. The number of para-hydroxylation sites is 2. The van der Waals surface area contributed by atoms with Crippen molar-refractivity contribution in [3.63, 3.8) is 0 Å². The second-order valence-electron chi connectivity index (χ2n) is 7.58. The van der Waals surface area contributed by atoms with E-state index in [1.54, 1.807) is 0 Å². The quantitative estimate of drug-likeness (QED) is 0.725. The van der Waals surface area contributed by atoms with Crippen LogP contribution in [0.2, 0.25) is 0 Å². The van der Waals surface area contributed by atoms with E-state index in [-0.39, 0.29) is 12.0 Å². The molecule has 0 aromatic heterocycles. The Morgan fingerprint density at radius 1 is 0.926 bits per heavy atom. The maximum atomic E-state index is 10.0. The summed E-state index contributed by atoms with van der Waals surface area (Å²) in [4.78, 5) is 2.47. The number of hydrogen-bond acceptors (Lipinski definition) is 4. The molecule has 0 saturated carbocycles. The summed E-state index contributed by atoms with van der Waals surface area (Å²) in [6.45, 7) is 5.77. The molecule has 0 radical (unpaired) electrons. The van der Waals surface area contributed by atoms with Crippen molar-refractivity contribution in [3.05, 3.63) is 60.7 Å². The van der Waals surface area contributed by atoms with Crippen molar-refractivity contribution in [2.45, 2.75) is 32.2 Å². The molecule has 0 amide bonds. The molecule has 0 spiro atoms. The van der Waals surface area contributed by atoms with Crippen LogP contribution in [-0.4, -0.2) is 49.0 Å². The monoisotopic (exact) mass is 369 g/mol. The highest BCUT2D eigenvalue weighted by Gasteiger charge is 2.35. The van der Waals surface area contributed by atoms with Gasteiger partial charge in [-0.05, 0) is 69.0 Å². The number of hydrogen-bond donors (Lipinski definition) is 1. The molecule has 1 unspecified atom stereocenters. The molecule has 1 aliphatic heterocycles. The van der Waals surface area contributed by atoms with E-state index in [0.717, 1.165) is 43.9 Å². The minimum atomic E-state index is -0.0225. The Bertz CT molecular complexity index is 654. The highest BCUT2D eigenvalue weighted by molar-refractivity contribution is 5.21. The van der Waals surface area contributed by atoms with Gasteiger partial charge in [-0.3, -0.25) is 4.90 Å². The standard InChI is InChI=1S/C23H31NO3/c1-20(18-27-22-10-6-3-7-11-22)24-15-12-23(19-25,13-16-24)14-17-26-21-8-4-2-5-9-21/h2-11,20,25H,12-19H2,1H3. The van der Waals surface area contributed by atoms with Crippen molar-refractivity contribution in [1.82, 2.24) is 4.90 Å². The lowest BCUT2D eigenvalue weighted by Crippen LogP contribution is -2.47. The number of rotatable bonds is 9. The summed E-state index contributed by atoms with van der Waals surface area (Å²) < 4.78 is 11.8. The van der Waals surface area contributed by atoms with Gasteiger partial charge in [0.2, 0.25) is 0 Å². The first kappa shape index (κ1) is 19.7. The van der Waals surface area contributed by atoms with Gasteiger partial charge in [-0.1, -0.05) is 36.4 Å². The normalized spacial score (nSPS) is 18.0. The van der Waals surface area contributed by atoms with E-state index in [0.29, 0.717) is 19.3 Å². The largest absolute Gasteiger partial charge is 0.494 e. The Balaban J connectivity index is 1.42. The van der Waals surface area contributed by atoms with E-state index in [1.165, 1.54) is 0 Å². The molecule has 2 aromatic carbocycles. The zero-order chi connectivity index (χ0) is 19.0. The van der Waals surface area contributed by atoms with E-state index in [4.69, 9.17) is 9.47 Å². The van der Waals surface area contributed by atoms with Gasteiger partial charge in [-0.25, -0.2) is 0 Å². The van der Waals surface area contributed by atoms with Crippen molar-refractivity contribution in [2.75, 3.05) is 32.9 Å². The minimum Gasteiger partial charge on any atom is -0.494 e. The summed E-state index contributed by atoms with van der Waals surface area (Å²) in [5, 5.41) is 10.0. The highest BCUT2D eigenvalue weighted by atomic mass is 16.5. The van der Waals surface area contributed by atoms with Gasteiger partial charge in [-0.15, -0.1) is 0 Å². The number of likely N-dealkylation sites (tertiary alicyclic amines) is 1. The number of benzene rings is 2. The first-order valence-electron chi connectivity index (χ1n) is 9.91. The molecule has 1 saturated heterocycles. The summed E-state index contributed by atoms with van der Waals surface area (Å²) in [6.07, 6.45) is 2.88. The van der Waals surface area contributed by atoms with Crippen LogP contribution in [0.25, 0.3) is 0 Å². The third-order valence-electron chi connectivity index (χ3n) is 5.70. The molecule has 3 rings (SSSR count). The molecule has 2 aromatic rings. The van der Waals surface area contributed by atoms with Gasteiger partial charge >= 0.3 is 0 Å². The molecule has 0 bridgehead atoms. The Kier molecular flexibility index (Phi) is 7.13. The van der Waals surface area contributed by atoms with Crippen molar-refractivity contribution in [1.29, 1.82) is 0 Å². The Hall–Kier alpha value is -2.04. The molecule has 0 aliphatic carbocycles. The van der Waals surface area contributed by atoms with E-state index in [1.807, 2.05) is 60.7 Å². The van der Waals surface area contributed by atoms with Crippen LogP contribution in [0.4, 0.5) is 0 Å². The van der Waals surface area contributed by atoms with Crippen LogP contribution in [0.3, 0.4) is 0 Å². The molecular weight excluding hydrogens is 338 g/mol. The smallest absolute Gasteiger partial charge is 0.119 e. The van der Waals surface area contributed by atoms with Crippen LogP contribution >= 0.6 is 0 Å². The summed E-state index contributed by atoms with van der Waals surface area (Å²) in [6, 6.07) is 20.2. The Morgan fingerprint density at radius 3 is 2.04 bits per heavy atom. The van der Waals surface area contributed by atoms with Crippen LogP contribution in [0, 0.1) is 5.41 Å². The van der Waals surface area contributed by atoms with Crippen LogP contribution in [-0.2, 0) is 0 Å². The fraction of sp³-hybridized carbons (Fsp3) is 0.478. The summed E-state index contributed by atoms with van der Waals surface area (Å²) >= 11 is 0. The average molecular weight is 370 g/mol. The second-order valence-corrected chi connectivity index (χ2v) is 7.58.